The maximum Gasteiger partial charge on any atom is 0.404 e. The molecule has 3 N–H and O–H groups in total. The molecule has 3 heterocycles. The first-order valence-corrected chi connectivity index (χ1v) is 15.4. The van der Waals surface area contributed by atoms with E-state index in [2.05, 4.69) is 30.5 Å². The van der Waals surface area contributed by atoms with Gasteiger partial charge in [0.05, 0.1) is 30.7 Å². The molecule has 10 nitrogen and oxygen atoms in total. The Morgan fingerprint density at radius 3 is 2.79 bits per heavy atom. The second kappa shape index (κ2) is 12.3. The van der Waals surface area contributed by atoms with Crippen LogP contribution in [0.25, 0.3) is 11.3 Å². The van der Waals surface area contributed by atoms with Crippen molar-refractivity contribution in [2.75, 3.05) is 26.2 Å². The van der Waals surface area contributed by atoms with Gasteiger partial charge < -0.3 is 34.7 Å². The van der Waals surface area contributed by atoms with Crippen LogP contribution in [0.1, 0.15) is 68.0 Å². The molecule has 10 heteroatoms. The van der Waals surface area contributed by atoms with Gasteiger partial charge >= 0.3 is 6.09 Å². The summed E-state index contributed by atoms with van der Waals surface area (Å²) in [6.07, 6.45) is 5.75. The number of carbonyl (C=O) groups is 2. The van der Waals surface area contributed by atoms with E-state index in [0.29, 0.717) is 38.4 Å². The molecule has 0 spiro atoms. The van der Waals surface area contributed by atoms with Gasteiger partial charge in [-0.1, -0.05) is 49.2 Å². The molecule has 228 valence electrons. The van der Waals surface area contributed by atoms with Gasteiger partial charge in [-0.05, 0) is 38.3 Å². The molecule has 3 aliphatic rings. The third-order valence-electron chi connectivity index (χ3n) is 8.81. The van der Waals surface area contributed by atoms with Gasteiger partial charge in [-0.15, -0.1) is 0 Å². The fourth-order valence-corrected chi connectivity index (χ4v) is 6.82. The molecule has 0 radical (unpaired) electrons. The molecule has 1 aliphatic carbocycles. The SMILES string of the molecule is CC1(C)Cc2ccc(OCC[C@@H]3CNCCN3C(=O)c3ncn([C@H]4CCCC[C@@H]4NC(=O)O)c3-c3ccccc3)cc2O1. The number of aromatic nitrogens is 2. The molecule has 3 atom stereocenters. The number of carbonyl (C=O) groups excluding carboxylic acids is 1. The topological polar surface area (TPSA) is 118 Å². The largest absolute Gasteiger partial charge is 0.493 e. The van der Waals surface area contributed by atoms with Crippen LogP contribution in [0.15, 0.2) is 54.9 Å². The highest BCUT2D eigenvalue weighted by Crippen LogP contribution is 2.38. The minimum absolute atomic E-state index is 0.0595. The van der Waals surface area contributed by atoms with Crippen LogP contribution in [0.4, 0.5) is 4.79 Å². The number of amides is 2. The summed E-state index contributed by atoms with van der Waals surface area (Å²) in [6, 6.07) is 15.4. The van der Waals surface area contributed by atoms with Crippen LogP contribution in [0, 0.1) is 0 Å². The number of hydrogen-bond acceptors (Lipinski definition) is 6. The van der Waals surface area contributed by atoms with Gasteiger partial charge in [-0.3, -0.25) is 4.79 Å². The second-order valence-electron chi connectivity index (χ2n) is 12.4. The number of fused-ring (bicyclic) bond motifs is 1. The lowest BCUT2D eigenvalue weighted by Crippen LogP contribution is -2.54. The predicted molar refractivity (Wildman–Crippen MR) is 163 cm³/mol. The molecule has 2 fully saturated rings. The molecule has 1 aromatic heterocycles. The lowest BCUT2D eigenvalue weighted by atomic mass is 9.89. The first-order chi connectivity index (χ1) is 20.8. The molecule has 43 heavy (non-hydrogen) atoms. The standard InChI is InChI=1S/C33H41N5O5/c1-33(2)19-23-12-13-25(18-28(23)43-33)42-17-14-24-20-34-15-16-37(24)31(39)29-30(22-8-4-3-5-9-22)38(21-35-29)27-11-7-6-10-26(27)36-32(40)41/h3-5,8-9,12-13,18,21,24,26-27,34,36H,6-7,10-11,14-17,19-20H2,1-2H3,(H,40,41)/t24-,26+,27+/m1/s1. The smallest absolute Gasteiger partial charge is 0.404 e. The molecule has 2 aromatic carbocycles. The van der Waals surface area contributed by atoms with E-state index < -0.39 is 6.09 Å². The van der Waals surface area contributed by atoms with Crippen LogP contribution in [0.2, 0.25) is 0 Å². The molecule has 2 amide bonds. The number of carboxylic acid groups (broad SMARTS) is 1. The Morgan fingerprint density at radius 1 is 1.16 bits per heavy atom. The Bertz CT molecular complexity index is 1460. The third-order valence-corrected chi connectivity index (χ3v) is 8.81. The molecule has 3 aromatic rings. The average molecular weight is 588 g/mol. The zero-order valence-corrected chi connectivity index (χ0v) is 24.9. The summed E-state index contributed by atoms with van der Waals surface area (Å²) in [5.41, 5.74) is 3.02. The highest BCUT2D eigenvalue weighted by Gasteiger charge is 2.35. The van der Waals surface area contributed by atoms with Crippen molar-refractivity contribution >= 4 is 12.0 Å². The minimum Gasteiger partial charge on any atom is -0.493 e. The molecule has 6 rings (SSSR count). The van der Waals surface area contributed by atoms with Crippen molar-refractivity contribution in [2.45, 2.75) is 76.1 Å². The normalized spacial score (nSPS) is 22.8. The van der Waals surface area contributed by atoms with E-state index in [4.69, 9.17) is 14.5 Å². The van der Waals surface area contributed by atoms with Gasteiger partial charge in [0.25, 0.3) is 5.91 Å². The van der Waals surface area contributed by atoms with E-state index in [9.17, 15) is 14.7 Å². The Hall–Kier alpha value is -4.05. The van der Waals surface area contributed by atoms with E-state index in [-0.39, 0.29) is 29.6 Å². The predicted octanol–water partition coefficient (Wildman–Crippen LogP) is 4.90. The van der Waals surface area contributed by atoms with E-state index >= 15 is 0 Å². The van der Waals surface area contributed by atoms with Gasteiger partial charge in [-0.2, -0.15) is 0 Å². The van der Waals surface area contributed by atoms with Crippen molar-refractivity contribution < 1.29 is 24.2 Å². The molecule has 1 saturated heterocycles. The second-order valence-corrected chi connectivity index (χ2v) is 12.4. The van der Waals surface area contributed by atoms with Crippen molar-refractivity contribution in [1.29, 1.82) is 0 Å². The summed E-state index contributed by atoms with van der Waals surface area (Å²) in [7, 11) is 0. The number of rotatable bonds is 8. The lowest BCUT2D eigenvalue weighted by molar-refractivity contribution is 0.0601. The van der Waals surface area contributed by atoms with Gasteiger partial charge in [0.15, 0.2) is 5.69 Å². The molecule has 0 bridgehead atoms. The average Bonchev–Trinajstić information content (AvgIpc) is 3.57. The number of nitrogens with zero attached hydrogens (tertiary/aromatic N) is 3. The van der Waals surface area contributed by atoms with Gasteiger partial charge in [0.1, 0.15) is 17.1 Å². The summed E-state index contributed by atoms with van der Waals surface area (Å²) in [5, 5.41) is 15.6. The highest BCUT2D eigenvalue weighted by atomic mass is 16.5. The van der Waals surface area contributed by atoms with Crippen molar-refractivity contribution in [3.05, 3.63) is 66.1 Å². The highest BCUT2D eigenvalue weighted by molar-refractivity contribution is 5.98. The van der Waals surface area contributed by atoms with Crippen molar-refractivity contribution in [3.8, 4) is 22.8 Å². The number of hydrogen-bond donors (Lipinski definition) is 3. The monoisotopic (exact) mass is 587 g/mol. The van der Waals surface area contributed by atoms with Gasteiger partial charge in [-0.25, -0.2) is 9.78 Å². The van der Waals surface area contributed by atoms with Crippen LogP contribution in [-0.4, -0.2) is 75.5 Å². The number of imidazole rings is 1. The molecule has 0 unspecified atom stereocenters. The summed E-state index contributed by atoms with van der Waals surface area (Å²) < 4.78 is 14.2. The van der Waals surface area contributed by atoms with Crippen LogP contribution in [0.5, 0.6) is 11.5 Å². The molecule has 2 aliphatic heterocycles. The summed E-state index contributed by atoms with van der Waals surface area (Å²) in [5.74, 6) is 1.53. The van der Waals surface area contributed by atoms with E-state index in [0.717, 1.165) is 54.9 Å². The number of piperazine rings is 1. The first kappa shape index (κ1) is 29.0. The number of nitrogens with one attached hydrogen (secondary N) is 2. The summed E-state index contributed by atoms with van der Waals surface area (Å²) in [4.78, 5) is 32.4. The number of benzene rings is 2. The Morgan fingerprint density at radius 2 is 1.98 bits per heavy atom. The van der Waals surface area contributed by atoms with Crippen molar-refractivity contribution in [3.63, 3.8) is 0 Å². The maximum atomic E-state index is 14.2. The van der Waals surface area contributed by atoms with Crippen LogP contribution < -0.4 is 20.1 Å². The van der Waals surface area contributed by atoms with E-state index in [1.807, 2.05) is 51.9 Å². The Labute approximate surface area is 252 Å². The Kier molecular flexibility index (Phi) is 8.30. The zero-order valence-electron chi connectivity index (χ0n) is 24.9. The fourth-order valence-electron chi connectivity index (χ4n) is 6.82. The zero-order chi connectivity index (χ0) is 30.0. The first-order valence-electron chi connectivity index (χ1n) is 15.4. The molecule has 1 saturated carbocycles. The molecular formula is C33H41N5O5. The van der Waals surface area contributed by atoms with Crippen molar-refractivity contribution in [2.24, 2.45) is 0 Å². The van der Waals surface area contributed by atoms with Gasteiger partial charge in [0, 0.05) is 50.1 Å². The number of ether oxygens (including phenoxy) is 2. The summed E-state index contributed by atoms with van der Waals surface area (Å²) >= 11 is 0. The molecular weight excluding hydrogens is 546 g/mol. The van der Waals surface area contributed by atoms with Crippen LogP contribution >= 0.6 is 0 Å². The minimum atomic E-state index is -1.03. The quantitative estimate of drug-likeness (QED) is 0.343. The van der Waals surface area contributed by atoms with Gasteiger partial charge in [0.2, 0.25) is 0 Å². The summed E-state index contributed by atoms with van der Waals surface area (Å²) in [6.45, 7) is 6.58. The van der Waals surface area contributed by atoms with Crippen molar-refractivity contribution in [1.82, 2.24) is 25.1 Å². The van der Waals surface area contributed by atoms with Crippen LogP contribution in [0.3, 0.4) is 0 Å². The van der Waals surface area contributed by atoms with Crippen LogP contribution in [-0.2, 0) is 6.42 Å². The van der Waals surface area contributed by atoms with E-state index in [1.54, 1.807) is 6.33 Å². The third kappa shape index (κ3) is 6.34. The maximum absolute atomic E-state index is 14.2. The Balaban J connectivity index is 1.21. The lowest BCUT2D eigenvalue weighted by Gasteiger charge is -2.36. The fraction of sp³-hybridized carbons (Fsp3) is 0.485. The van der Waals surface area contributed by atoms with E-state index in [1.165, 1.54) is 5.56 Å².